The molecule has 1 saturated carbocycles. The number of anilines is 1. The first-order valence-electron chi connectivity index (χ1n) is 11.3. The smallest absolute Gasteiger partial charge is 0.348 e. The van der Waals surface area contributed by atoms with Crippen LogP contribution in [0.25, 0.3) is 5.57 Å². The molecule has 0 atom stereocenters. The average Bonchev–Trinajstić information content (AvgIpc) is 3.21. The summed E-state index contributed by atoms with van der Waals surface area (Å²) >= 11 is 1.28. The fourth-order valence-corrected chi connectivity index (χ4v) is 5.77. The number of rotatable bonds is 9. The van der Waals surface area contributed by atoms with Crippen molar-refractivity contribution >= 4 is 34.5 Å². The Morgan fingerprint density at radius 2 is 1.84 bits per heavy atom. The number of carbonyl (C=O) groups is 2. The highest BCUT2D eigenvalue weighted by Crippen LogP contribution is 2.40. The Hall–Kier alpha value is -1.70. The highest BCUT2D eigenvalue weighted by atomic mass is 32.1. The first kappa shape index (κ1) is 24.0. The molecule has 2 aliphatic rings. The van der Waals surface area contributed by atoms with Crippen molar-refractivity contribution in [3.63, 3.8) is 0 Å². The summed E-state index contributed by atoms with van der Waals surface area (Å²) < 4.78 is 10.8. The molecule has 7 heteroatoms. The normalized spacial score (nSPS) is 21.7. The number of carboxylic acids is 1. The third-order valence-corrected chi connectivity index (χ3v) is 7.65. The number of amides is 1. The lowest BCUT2D eigenvalue weighted by atomic mass is 9.82. The molecule has 3 rings (SSSR count). The van der Waals surface area contributed by atoms with E-state index in [9.17, 15) is 14.7 Å². The number of carboxylic acid groups (broad SMARTS) is 1. The maximum Gasteiger partial charge on any atom is 0.348 e. The van der Waals surface area contributed by atoms with Crippen LogP contribution in [-0.2, 0) is 14.3 Å². The Morgan fingerprint density at radius 3 is 2.39 bits per heavy atom. The summed E-state index contributed by atoms with van der Waals surface area (Å²) in [5.74, 6) is -0.458. The van der Waals surface area contributed by atoms with Crippen molar-refractivity contribution in [2.45, 2.75) is 64.3 Å². The van der Waals surface area contributed by atoms with Crippen LogP contribution in [0.2, 0.25) is 0 Å². The van der Waals surface area contributed by atoms with E-state index in [1.165, 1.54) is 23.3 Å². The van der Waals surface area contributed by atoms with Gasteiger partial charge in [0.1, 0.15) is 4.88 Å². The van der Waals surface area contributed by atoms with Crippen molar-refractivity contribution in [1.82, 2.24) is 0 Å². The Balaban J connectivity index is 2.02. The van der Waals surface area contributed by atoms with Gasteiger partial charge in [-0.1, -0.05) is 13.0 Å². The number of nitrogens with zero attached hydrogens (tertiary/aromatic N) is 1. The van der Waals surface area contributed by atoms with Gasteiger partial charge in [0.15, 0.2) is 0 Å². The van der Waals surface area contributed by atoms with E-state index in [-0.39, 0.29) is 36.0 Å². The van der Waals surface area contributed by atoms with Gasteiger partial charge < -0.3 is 19.5 Å². The van der Waals surface area contributed by atoms with Gasteiger partial charge in [-0.05, 0) is 68.9 Å². The molecule has 0 unspecified atom stereocenters. The summed E-state index contributed by atoms with van der Waals surface area (Å²) in [6, 6.07) is 1.54. The van der Waals surface area contributed by atoms with E-state index in [4.69, 9.17) is 9.47 Å². The average molecular weight is 450 g/mol. The zero-order valence-electron chi connectivity index (χ0n) is 18.9. The van der Waals surface area contributed by atoms with Crippen LogP contribution in [0, 0.1) is 11.8 Å². The second kappa shape index (κ2) is 11.2. The van der Waals surface area contributed by atoms with Gasteiger partial charge in [-0.3, -0.25) is 4.79 Å². The first-order chi connectivity index (χ1) is 15.0. The monoisotopic (exact) mass is 449 g/mol. The van der Waals surface area contributed by atoms with Crippen molar-refractivity contribution in [3.8, 4) is 0 Å². The maximum atomic E-state index is 13.8. The molecule has 1 amide bonds. The zero-order valence-corrected chi connectivity index (χ0v) is 19.7. The second-order valence-electron chi connectivity index (χ2n) is 8.83. The van der Waals surface area contributed by atoms with E-state index in [0.29, 0.717) is 11.6 Å². The van der Waals surface area contributed by atoms with Gasteiger partial charge in [0.2, 0.25) is 5.91 Å². The number of methoxy groups -OCH3 is 2. The molecule has 31 heavy (non-hydrogen) atoms. The summed E-state index contributed by atoms with van der Waals surface area (Å²) in [6.07, 6.45) is 10.2. The molecule has 0 aromatic carbocycles. The van der Waals surface area contributed by atoms with E-state index in [1.54, 1.807) is 19.1 Å². The number of hydrogen-bond acceptors (Lipinski definition) is 5. The molecule has 1 fully saturated rings. The summed E-state index contributed by atoms with van der Waals surface area (Å²) in [6.45, 7) is 2.80. The molecular weight excluding hydrogens is 414 g/mol. The Labute approximate surface area is 189 Å². The molecular formula is C24H35NO5S. The molecule has 1 heterocycles. The number of allylic oxidation sites excluding steroid dienone is 2. The van der Waals surface area contributed by atoms with E-state index < -0.39 is 5.97 Å². The molecule has 1 N–H and O–H groups in total. The van der Waals surface area contributed by atoms with Crippen LogP contribution in [0.5, 0.6) is 0 Å². The van der Waals surface area contributed by atoms with Crippen LogP contribution in [0.1, 0.15) is 72.8 Å². The predicted octanol–water partition coefficient (Wildman–Crippen LogP) is 5.22. The topological polar surface area (TPSA) is 76.1 Å². The molecule has 172 valence electrons. The predicted molar refractivity (Wildman–Crippen MR) is 124 cm³/mol. The highest BCUT2D eigenvalue weighted by molar-refractivity contribution is 7.15. The van der Waals surface area contributed by atoms with E-state index in [1.807, 2.05) is 6.07 Å². The molecule has 6 nitrogen and oxygen atoms in total. The Kier molecular flexibility index (Phi) is 8.69. The lowest BCUT2D eigenvalue weighted by Crippen LogP contribution is -2.49. The van der Waals surface area contributed by atoms with Crippen LogP contribution < -0.4 is 4.90 Å². The number of hydrogen-bond donors (Lipinski definition) is 1. The fourth-order valence-electron chi connectivity index (χ4n) is 4.71. The van der Waals surface area contributed by atoms with Crippen molar-refractivity contribution in [3.05, 3.63) is 21.9 Å². The Bertz CT molecular complexity index is 788. The minimum atomic E-state index is -0.994. The maximum absolute atomic E-state index is 13.8. The quantitative estimate of drug-likeness (QED) is 0.559. The van der Waals surface area contributed by atoms with Crippen molar-refractivity contribution < 1.29 is 24.2 Å². The largest absolute Gasteiger partial charge is 0.477 e. The fraction of sp³-hybridized carbons (Fsp3) is 0.667. The number of ether oxygens (including phenoxy) is 2. The van der Waals surface area contributed by atoms with E-state index in [0.717, 1.165) is 49.8 Å². The van der Waals surface area contributed by atoms with Crippen LogP contribution in [0.3, 0.4) is 0 Å². The molecule has 0 aliphatic heterocycles. The summed E-state index contributed by atoms with van der Waals surface area (Å²) in [4.78, 5) is 28.8. The van der Waals surface area contributed by atoms with Gasteiger partial charge >= 0.3 is 5.97 Å². The summed E-state index contributed by atoms with van der Waals surface area (Å²) in [7, 11) is 3.19. The molecule has 0 radical (unpaired) electrons. The Morgan fingerprint density at radius 1 is 1.16 bits per heavy atom. The first-order valence-corrected chi connectivity index (χ1v) is 12.1. The zero-order chi connectivity index (χ0) is 22.4. The third kappa shape index (κ3) is 5.76. The molecule has 1 aromatic rings. The lowest BCUT2D eigenvalue weighted by Gasteiger charge is -2.35. The van der Waals surface area contributed by atoms with Crippen LogP contribution >= 0.6 is 11.3 Å². The SMILES string of the molecule is COCC(COC)N(C(=O)C1CCC(C)CC1)c1cc(C2=CCCCC2)sc1C(=O)O. The highest BCUT2D eigenvalue weighted by Gasteiger charge is 2.36. The van der Waals surface area contributed by atoms with Gasteiger partial charge in [-0.2, -0.15) is 0 Å². The molecule has 0 bridgehead atoms. The van der Waals surface area contributed by atoms with Gasteiger partial charge in [-0.15, -0.1) is 11.3 Å². The van der Waals surface area contributed by atoms with Crippen molar-refractivity contribution in [1.29, 1.82) is 0 Å². The number of thiophene rings is 1. The molecule has 0 spiro atoms. The number of carbonyl (C=O) groups excluding carboxylic acids is 1. The number of aromatic carboxylic acids is 1. The lowest BCUT2D eigenvalue weighted by molar-refractivity contribution is -0.124. The summed E-state index contributed by atoms with van der Waals surface area (Å²) in [5, 5.41) is 9.99. The van der Waals surface area contributed by atoms with Crippen LogP contribution in [-0.4, -0.2) is 50.5 Å². The van der Waals surface area contributed by atoms with Gasteiger partial charge in [-0.25, -0.2) is 4.79 Å². The third-order valence-electron chi connectivity index (χ3n) is 6.46. The van der Waals surface area contributed by atoms with Gasteiger partial charge in [0.25, 0.3) is 0 Å². The minimum Gasteiger partial charge on any atom is -0.477 e. The molecule has 1 aromatic heterocycles. The van der Waals surface area contributed by atoms with Gasteiger partial charge in [0, 0.05) is 25.0 Å². The van der Waals surface area contributed by atoms with Crippen LogP contribution in [0.15, 0.2) is 12.1 Å². The minimum absolute atomic E-state index is 0.00419. The van der Waals surface area contributed by atoms with Crippen molar-refractivity contribution in [2.75, 3.05) is 32.3 Å². The second-order valence-corrected chi connectivity index (χ2v) is 9.89. The van der Waals surface area contributed by atoms with Crippen molar-refractivity contribution in [2.24, 2.45) is 11.8 Å². The molecule has 0 saturated heterocycles. The standard InChI is InChI=1S/C24H35NO5S/c1-16-9-11-18(12-10-16)23(26)25(19(14-29-2)15-30-3)20-13-21(31-22(20)24(27)28)17-7-5-4-6-8-17/h7,13,16,18-19H,4-6,8-12,14-15H2,1-3H3,(H,27,28). The molecule has 2 aliphatic carbocycles. The van der Waals surface area contributed by atoms with Crippen LogP contribution in [0.4, 0.5) is 5.69 Å². The van der Waals surface area contributed by atoms with E-state index in [2.05, 4.69) is 13.0 Å². The van der Waals surface area contributed by atoms with Gasteiger partial charge in [0.05, 0.1) is 24.9 Å². The van der Waals surface area contributed by atoms with E-state index >= 15 is 0 Å². The summed E-state index contributed by atoms with van der Waals surface area (Å²) in [5.41, 5.74) is 1.68.